The summed E-state index contributed by atoms with van der Waals surface area (Å²) in [7, 11) is 0. The molecule has 2 amide bonds. The number of nitrogens with one attached hydrogen (secondary N) is 1. The van der Waals surface area contributed by atoms with Crippen LogP contribution in [0.25, 0.3) is 5.69 Å². The maximum absolute atomic E-state index is 14.4. The molecule has 5 rings (SSSR count). The van der Waals surface area contributed by atoms with Gasteiger partial charge in [-0.15, -0.1) is 0 Å². The standard InChI is InChI=1S/C29H28F3N5O/c1-2-36(29(38)33-23-8-6-7-21(30)16-23)19-27-25-18-35(17-20-15-22(31)11-12-26(20)32)14-13-28(25)37(34-27)24-9-4-3-5-10-24/h3-12,15-16H,2,13-14,17-19H2,1H3,(H,33,38). The molecule has 6 nitrogen and oxygen atoms in total. The van der Waals surface area contributed by atoms with E-state index < -0.39 is 17.5 Å². The topological polar surface area (TPSA) is 53.4 Å². The molecule has 0 saturated carbocycles. The number of anilines is 1. The van der Waals surface area contributed by atoms with Gasteiger partial charge in [0.2, 0.25) is 0 Å². The van der Waals surface area contributed by atoms with Crippen molar-refractivity contribution in [1.82, 2.24) is 19.6 Å². The van der Waals surface area contributed by atoms with E-state index in [2.05, 4.69) is 10.2 Å². The summed E-state index contributed by atoms with van der Waals surface area (Å²) >= 11 is 0. The van der Waals surface area contributed by atoms with Crippen molar-refractivity contribution in [1.29, 1.82) is 0 Å². The van der Waals surface area contributed by atoms with E-state index >= 15 is 0 Å². The number of benzene rings is 3. The lowest BCUT2D eigenvalue weighted by molar-refractivity contribution is 0.210. The molecule has 196 valence electrons. The molecule has 2 heterocycles. The summed E-state index contributed by atoms with van der Waals surface area (Å²) in [5, 5.41) is 7.65. The van der Waals surface area contributed by atoms with Gasteiger partial charge < -0.3 is 10.2 Å². The number of carbonyl (C=O) groups is 1. The second kappa shape index (κ2) is 11.1. The highest BCUT2D eigenvalue weighted by atomic mass is 19.1. The third-order valence-electron chi connectivity index (χ3n) is 6.71. The van der Waals surface area contributed by atoms with Crippen LogP contribution in [0.5, 0.6) is 0 Å². The lowest BCUT2D eigenvalue weighted by Gasteiger charge is -2.28. The van der Waals surface area contributed by atoms with Gasteiger partial charge in [0.05, 0.1) is 23.6 Å². The Morgan fingerprint density at radius 2 is 1.79 bits per heavy atom. The summed E-state index contributed by atoms with van der Waals surface area (Å²) in [5.74, 6) is -1.35. The second-order valence-electron chi connectivity index (χ2n) is 9.27. The average Bonchev–Trinajstić information content (AvgIpc) is 3.27. The normalized spacial score (nSPS) is 13.3. The molecule has 1 aliphatic heterocycles. The van der Waals surface area contributed by atoms with Crippen LogP contribution in [-0.2, 0) is 26.1 Å². The van der Waals surface area contributed by atoms with Crippen molar-refractivity contribution in [2.75, 3.05) is 18.4 Å². The van der Waals surface area contributed by atoms with Gasteiger partial charge in [-0.1, -0.05) is 24.3 Å². The number of amides is 2. The Hall–Kier alpha value is -4.11. The van der Waals surface area contributed by atoms with Gasteiger partial charge in [-0.2, -0.15) is 5.10 Å². The molecule has 0 saturated heterocycles. The molecule has 0 aliphatic carbocycles. The molecule has 0 radical (unpaired) electrons. The molecule has 9 heteroatoms. The first kappa shape index (κ1) is 25.5. The molecule has 0 fully saturated rings. The Labute approximate surface area is 219 Å². The van der Waals surface area contributed by atoms with Crippen LogP contribution in [0.1, 0.15) is 29.4 Å². The molecular weight excluding hydrogens is 491 g/mol. The average molecular weight is 520 g/mol. The van der Waals surface area contributed by atoms with Crippen LogP contribution in [0.4, 0.5) is 23.7 Å². The molecule has 1 aromatic heterocycles. The van der Waals surface area contributed by atoms with Crippen LogP contribution >= 0.6 is 0 Å². The van der Waals surface area contributed by atoms with Crippen LogP contribution in [-0.4, -0.2) is 38.7 Å². The summed E-state index contributed by atoms with van der Waals surface area (Å²) in [6.07, 6.45) is 0.662. The number of carbonyl (C=O) groups excluding carboxylic acids is 1. The lowest BCUT2D eigenvalue weighted by Crippen LogP contribution is -2.35. The molecule has 0 bridgehead atoms. The highest BCUT2D eigenvalue weighted by Gasteiger charge is 2.28. The van der Waals surface area contributed by atoms with E-state index in [0.29, 0.717) is 37.3 Å². The SMILES string of the molecule is CCN(Cc1nn(-c2ccccc2)c2c1CN(Cc1cc(F)ccc1F)CC2)C(=O)Nc1cccc(F)c1. The van der Waals surface area contributed by atoms with Crippen molar-refractivity contribution in [2.24, 2.45) is 0 Å². The summed E-state index contributed by atoms with van der Waals surface area (Å²) < 4.78 is 43.6. The first-order chi connectivity index (χ1) is 18.4. The lowest BCUT2D eigenvalue weighted by atomic mass is 10.0. The van der Waals surface area contributed by atoms with Crippen molar-refractivity contribution in [2.45, 2.75) is 33.0 Å². The Morgan fingerprint density at radius 1 is 1.00 bits per heavy atom. The number of halogens is 3. The summed E-state index contributed by atoms with van der Waals surface area (Å²) in [4.78, 5) is 16.7. The molecule has 0 unspecified atom stereocenters. The quantitative estimate of drug-likeness (QED) is 0.331. The highest BCUT2D eigenvalue weighted by molar-refractivity contribution is 5.89. The van der Waals surface area contributed by atoms with E-state index in [1.54, 1.807) is 11.0 Å². The van der Waals surface area contributed by atoms with E-state index in [4.69, 9.17) is 5.10 Å². The fourth-order valence-corrected chi connectivity index (χ4v) is 4.77. The van der Waals surface area contributed by atoms with Crippen molar-refractivity contribution in [3.63, 3.8) is 0 Å². The zero-order valence-electron chi connectivity index (χ0n) is 21.0. The molecule has 4 aromatic rings. The predicted octanol–water partition coefficient (Wildman–Crippen LogP) is 5.90. The minimum atomic E-state index is -0.473. The molecular formula is C29H28F3N5O. The maximum atomic E-state index is 14.4. The van der Waals surface area contributed by atoms with Gasteiger partial charge in [-0.25, -0.2) is 22.6 Å². The smallest absolute Gasteiger partial charge is 0.319 e. The number of fused-ring (bicyclic) bond motifs is 1. The van der Waals surface area contributed by atoms with Crippen LogP contribution in [0.2, 0.25) is 0 Å². The van der Waals surface area contributed by atoms with Crippen molar-refractivity contribution >= 4 is 11.7 Å². The van der Waals surface area contributed by atoms with Gasteiger partial charge in [0.25, 0.3) is 0 Å². The monoisotopic (exact) mass is 519 g/mol. The van der Waals surface area contributed by atoms with Gasteiger partial charge in [-0.3, -0.25) is 4.90 Å². The summed E-state index contributed by atoms with van der Waals surface area (Å²) in [5.41, 5.74) is 4.30. The molecule has 0 atom stereocenters. The van der Waals surface area contributed by atoms with E-state index in [1.807, 2.05) is 41.9 Å². The third-order valence-corrected chi connectivity index (χ3v) is 6.71. The minimum absolute atomic E-state index is 0.238. The maximum Gasteiger partial charge on any atom is 0.322 e. The van der Waals surface area contributed by atoms with E-state index in [9.17, 15) is 18.0 Å². The Balaban J connectivity index is 1.43. The van der Waals surface area contributed by atoms with Crippen molar-refractivity contribution in [3.05, 3.63) is 113 Å². The number of hydrogen-bond donors (Lipinski definition) is 1. The van der Waals surface area contributed by atoms with Crippen LogP contribution < -0.4 is 5.32 Å². The van der Waals surface area contributed by atoms with E-state index in [1.165, 1.54) is 24.3 Å². The van der Waals surface area contributed by atoms with Gasteiger partial charge in [0.15, 0.2) is 0 Å². The molecule has 3 aromatic carbocycles. The Bertz CT molecular complexity index is 1440. The summed E-state index contributed by atoms with van der Waals surface area (Å²) in [6, 6.07) is 18.6. The fourth-order valence-electron chi connectivity index (χ4n) is 4.77. The molecule has 0 spiro atoms. The van der Waals surface area contributed by atoms with Gasteiger partial charge in [0.1, 0.15) is 17.5 Å². The fraction of sp³-hybridized carbons (Fsp3) is 0.241. The number of rotatable bonds is 7. The van der Waals surface area contributed by atoms with Gasteiger partial charge >= 0.3 is 6.03 Å². The molecule has 1 N–H and O–H groups in total. The molecule has 38 heavy (non-hydrogen) atoms. The zero-order valence-corrected chi connectivity index (χ0v) is 21.0. The van der Waals surface area contributed by atoms with E-state index in [-0.39, 0.29) is 19.1 Å². The first-order valence-electron chi connectivity index (χ1n) is 12.5. The van der Waals surface area contributed by atoms with Crippen LogP contribution in [0.15, 0.2) is 72.8 Å². The number of urea groups is 1. The molecule has 1 aliphatic rings. The van der Waals surface area contributed by atoms with E-state index in [0.717, 1.165) is 34.8 Å². The minimum Gasteiger partial charge on any atom is -0.319 e. The number of hydrogen-bond acceptors (Lipinski definition) is 3. The third kappa shape index (κ3) is 5.57. The second-order valence-corrected chi connectivity index (χ2v) is 9.27. The van der Waals surface area contributed by atoms with Gasteiger partial charge in [0, 0.05) is 49.4 Å². The van der Waals surface area contributed by atoms with Crippen LogP contribution in [0, 0.1) is 17.5 Å². The first-order valence-corrected chi connectivity index (χ1v) is 12.5. The highest BCUT2D eigenvalue weighted by Crippen LogP contribution is 2.28. The predicted molar refractivity (Wildman–Crippen MR) is 139 cm³/mol. The summed E-state index contributed by atoms with van der Waals surface area (Å²) in [6.45, 7) is 3.91. The van der Waals surface area contributed by atoms with Gasteiger partial charge in [-0.05, 0) is 55.5 Å². The number of para-hydroxylation sites is 1. The zero-order chi connectivity index (χ0) is 26.6. The largest absolute Gasteiger partial charge is 0.322 e. The number of nitrogens with zero attached hydrogens (tertiary/aromatic N) is 4. The van der Waals surface area contributed by atoms with Crippen molar-refractivity contribution in [3.8, 4) is 5.69 Å². The Morgan fingerprint density at radius 3 is 2.55 bits per heavy atom. The Kier molecular flexibility index (Phi) is 7.46. The van der Waals surface area contributed by atoms with Crippen molar-refractivity contribution < 1.29 is 18.0 Å². The number of aromatic nitrogens is 2. The van der Waals surface area contributed by atoms with Crippen LogP contribution in [0.3, 0.4) is 0 Å².